The number of hydrogen-bond donors (Lipinski definition) is 1. The maximum atomic E-state index is 12.2. The van der Waals surface area contributed by atoms with Gasteiger partial charge >= 0.3 is 6.36 Å². The van der Waals surface area contributed by atoms with Crippen LogP contribution >= 0.6 is 0 Å². The standard InChI is InChI=1S/C13H13F3N4O/c1-8-3-4-11(21-13(14,15)16)5-10(8)6-18-20-7-9(2)19-12(20)17/h3-7H,1-2H3,(H2,17,19). The average molecular weight is 298 g/mol. The predicted octanol–water partition coefficient (Wildman–Crippen LogP) is 2.86. The highest BCUT2D eigenvalue weighted by Crippen LogP contribution is 2.24. The number of nitrogens with zero attached hydrogens (tertiary/aromatic N) is 3. The maximum Gasteiger partial charge on any atom is 0.573 e. The number of hydrogen-bond acceptors (Lipinski definition) is 4. The maximum absolute atomic E-state index is 12.2. The summed E-state index contributed by atoms with van der Waals surface area (Å²) in [6.07, 6.45) is -1.72. The van der Waals surface area contributed by atoms with E-state index in [0.717, 1.165) is 5.56 Å². The second kappa shape index (κ2) is 5.47. The van der Waals surface area contributed by atoms with Crippen molar-refractivity contribution in [2.75, 3.05) is 5.73 Å². The number of nitrogen functional groups attached to an aromatic ring is 1. The molecule has 0 radical (unpaired) electrons. The van der Waals surface area contributed by atoms with Crippen molar-refractivity contribution < 1.29 is 17.9 Å². The number of rotatable bonds is 3. The number of alkyl halides is 3. The zero-order chi connectivity index (χ0) is 15.6. The molecule has 8 heteroatoms. The first kappa shape index (κ1) is 14.9. The number of benzene rings is 1. The molecule has 2 aromatic rings. The minimum atomic E-state index is -4.73. The van der Waals surface area contributed by atoms with Gasteiger partial charge in [0.05, 0.1) is 18.1 Å². The van der Waals surface area contributed by atoms with Crippen molar-refractivity contribution in [1.82, 2.24) is 9.66 Å². The molecule has 0 unspecified atom stereocenters. The van der Waals surface area contributed by atoms with Crippen molar-refractivity contribution in [3.8, 4) is 5.75 Å². The van der Waals surface area contributed by atoms with Crippen LogP contribution in [-0.2, 0) is 0 Å². The Bertz CT molecular complexity index is 677. The molecule has 2 N–H and O–H groups in total. The molecule has 5 nitrogen and oxygen atoms in total. The molecule has 1 aromatic heterocycles. The summed E-state index contributed by atoms with van der Waals surface area (Å²) in [6, 6.07) is 4.02. The molecule has 112 valence electrons. The van der Waals surface area contributed by atoms with Crippen LogP contribution in [0.3, 0.4) is 0 Å². The fourth-order valence-corrected chi connectivity index (χ4v) is 1.68. The van der Waals surface area contributed by atoms with Gasteiger partial charge in [0, 0.05) is 5.56 Å². The summed E-state index contributed by atoms with van der Waals surface area (Å²) in [5.41, 5.74) is 7.55. The highest BCUT2D eigenvalue weighted by atomic mass is 19.4. The van der Waals surface area contributed by atoms with Crippen LogP contribution in [0.25, 0.3) is 0 Å². The van der Waals surface area contributed by atoms with Crippen molar-refractivity contribution >= 4 is 12.2 Å². The van der Waals surface area contributed by atoms with Crippen LogP contribution in [0.4, 0.5) is 19.1 Å². The molecule has 1 aromatic carbocycles. The third-order valence-corrected chi connectivity index (χ3v) is 2.64. The number of imidazole rings is 1. The van der Waals surface area contributed by atoms with E-state index in [4.69, 9.17) is 5.73 Å². The van der Waals surface area contributed by atoms with E-state index in [0.29, 0.717) is 11.3 Å². The monoisotopic (exact) mass is 298 g/mol. The summed E-state index contributed by atoms with van der Waals surface area (Å²) in [6.45, 7) is 3.51. The number of anilines is 1. The SMILES string of the molecule is Cc1cn(N=Cc2cc(OC(F)(F)F)ccc2C)c(N)n1. The lowest BCUT2D eigenvalue weighted by Gasteiger charge is -2.10. The Hall–Kier alpha value is -2.51. The van der Waals surface area contributed by atoms with Gasteiger partial charge in [-0.2, -0.15) is 5.10 Å². The first-order valence-electron chi connectivity index (χ1n) is 5.97. The van der Waals surface area contributed by atoms with E-state index >= 15 is 0 Å². The Labute approximate surface area is 118 Å². The fraction of sp³-hybridized carbons (Fsp3) is 0.231. The number of nitrogens with two attached hydrogens (primary N) is 1. The van der Waals surface area contributed by atoms with Gasteiger partial charge in [-0.3, -0.25) is 0 Å². The number of halogens is 3. The van der Waals surface area contributed by atoms with Crippen LogP contribution in [0, 0.1) is 13.8 Å². The predicted molar refractivity (Wildman–Crippen MR) is 72.2 cm³/mol. The molecule has 0 atom stereocenters. The molecule has 0 aliphatic rings. The van der Waals surface area contributed by atoms with Gasteiger partial charge in [0.25, 0.3) is 0 Å². The second-order valence-electron chi connectivity index (χ2n) is 4.40. The van der Waals surface area contributed by atoms with E-state index in [1.807, 2.05) is 0 Å². The van der Waals surface area contributed by atoms with E-state index in [1.54, 1.807) is 20.0 Å². The summed E-state index contributed by atoms with van der Waals surface area (Å²) < 4.78 is 41.8. The summed E-state index contributed by atoms with van der Waals surface area (Å²) in [5.74, 6) is -0.103. The number of ether oxygens (including phenoxy) is 1. The molecular weight excluding hydrogens is 285 g/mol. The van der Waals surface area contributed by atoms with Crippen molar-refractivity contribution in [1.29, 1.82) is 0 Å². The van der Waals surface area contributed by atoms with Gasteiger partial charge in [-0.15, -0.1) is 13.2 Å². The van der Waals surface area contributed by atoms with Gasteiger partial charge in [0.15, 0.2) is 0 Å². The molecule has 0 fully saturated rings. The molecule has 0 bridgehead atoms. The zero-order valence-electron chi connectivity index (χ0n) is 11.3. The molecule has 21 heavy (non-hydrogen) atoms. The Morgan fingerprint density at radius 3 is 2.62 bits per heavy atom. The van der Waals surface area contributed by atoms with Gasteiger partial charge < -0.3 is 10.5 Å². The minimum Gasteiger partial charge on any atom is -0.406 e. The van der Waals surface area contributed by atoms with Crippen molar-refractivity contribution in [3.05, 3.63) is 41.2 Å². The molecule has 0 amide bonds. The Balaban J connectivity index is 2.27. The van der Waals surface area contributed by atoms with Crippen molar-refractivity contribution in [3.63, 3.8) is 0 Å². The minimum absolute atomic E-state index is 0.198. The topological polar surface area (TPSA) is 65.4 Å². The van der Waals surface area contributed by atoms with E-state index in [9.17, 15) is 13.2 Å². The first-order valence-corrected chi connectivity index (χ1v) is 5.97. The lowest BCUT2D eigenvalue weighted by Crippen LogP contribution is -2.17. The van der Waals surface area contributed by atoms with E-state index in [2.05, 4.69) is 14.8 Å². The zero-order valence-corrected chi connectivity index (χ0v) is 11.3. The number of aromatic nitrogens is 2. The molecule has 2 rings (SSSR count). The molecule has 0 saturated heterocycles. The quantitative estimate of drug-likeness (QED) is 0.886. The highest BCUT2D eigenvalue weighted by molar-refractivity contribution is 5.82. The average Bonchev–Trinajstić information content (AvgIpc) is 2.67. The van der Waals surface area contributed by atoms with Gasteiger partial charge in [0.1, 0.15) is 5.75 Å². The van der Waals surface area contributed by atoms with Gasteiger partial charge in [-0.25, -0.2) is 9.66 Å². The molecule has 0 saturated carbocycles. The van der Waals surface area contributed by atoms with Crippen LogP contribution in [0.1, 0.15) is 16.8 Å². The summed E-state index contributed by atoms with van der Waals surface area (Å²) in [7, 11) is 0. The van der Waals surface area contributed by atoms with Crippen LogP contribution in [0.5, 0.6) is 5.75 Å². The normalized spacial score (nSPS) is 12.0. The Kier molecular flexibility index (Phi) is 3.88. The van der Waals surface area contributed by atoms with Crippen LogP contribution in [0.15, 0.2) is 29.5 Å². The Morgan fingerprint density at radius 1 is 1.33 bits per heavy atom. The van der Waals surface area contributed by atoms with Gasteiger partial charge in [-0.05, 0) is 31.5 Å². The summed E-state index contributed by atoms with van der Waals surface area (Å²) >= 11 is 0. The second-order valence-corrected chi connectivity index (χ2v) is 4.40. The Morgan fingerprint density at radius 2 is 2.05 bits per heavy atom. The third-order valence-electron chi connectivity index (χ3n) is 2.64. The van der Waals surface area contributed by atoms with Crippen molar-refractivity contribution in [2.24, 2.45) is 5.10 Å². The van der Waals surface area contributed by atoms with Gasteiger partial charge in [-0.1, -0.05) is 6.07 Å². The van der Waals surface area contributed by atoms with Gasteiger partial charge in [0.2, 0.25) is 5.95 Å². The van der Waals surface area contributed by atoms with E-state index in [-0.39, 0.29) is 11.7 Å². The van der Waals surface area contributed by atoms with Crippen molar-refractivity contribution in [2.45, 2.75) is 20.2 Å². The number of aryl methyl sites for hydroxylation is 2. The van der Waals surface area contributed by atoms with E-state index in [1.165, 1.54) is 29.1 Å². The third kappa shape index (κ3) is 3.98. The van der Waals surface area contributed by atoms with Crippen LogP contribution in [-0.4, -0.2) is 22.2 Å². The summed E-state index contributed by atoms with van der Waals surface area (Å²) in [4.78, 5) is 3.97. The lowest BCUT2D eigenvalue weighted by molar-refractivity contribution is -0.274. The smallest absolute Gasteiger partial charge is 0.406 e. The fourth-order valence-electron chi connectivity index (χ4n) is 1.68. The molecule has 0 aliphatic heterocycles. The summed E-state index contributed by atoms with van der Waals surface area (Å²) in [5, 5.41) is 4.06. The van der Waals surface area contributed by atoms with Crippen LogP contribution in [0.2, 0.25) is 0 Å². The molecule has 1 heterocycles. The van der Waals surface area contributed by atoms with E-state index < -0.39 is 6.36 Å². The largest absolute Gasteiger partial charge is 0.573 e. The molecule has 0 spiro atoms. The molecule has 0 aliphatic carbocycles. The first-order chi connectivity index (χ1) is 9.74. The van der Waals surface area contributed by atoms with Crippen LogP contribution < -0.4 is 10.5 Å². The lowest BCUT2D eigenvalue weighted by atomic mass is 10.1. The highest BCUT2D eigenvalue weighted by Gasteiger charge is 2.31. The molecular formula is C13H13F3N4O.